The van der Waals surface area contributed by atoms with Crippen molar-refractivity contribution in [2.75, 3.05) is 39.6 Å². The van der Waals surface area contributed by atoms with Crippen molar-refractivity contribution >= 4 is 17.7 Å². The van der Waals surface area contributed by atoms with E-state index < -0.39 is 272 Å². The van der Waals surface area contributed by atoms with Crippen LogP contribution < -0.4 is 16.0 Å². The molecular formula is C48H81N3O35. The van der Waals surface area contributed by atoms with Crippen LogP contribution >= 0.6 is 0 Å². The first kappa shape index (κ1) is 70.6. The number of hydrogen-bond acceptors (Lipinski definition) is 35. The predicted molar refractivity (Wildman–Crippen MR) is 265 cm³/mol. The molecule has 0 aromatic carbocycles. The Bertz CT molecular complexity index is 2170. The summed E-state index contributed by atoms with van der Waals surface area (Å²) >= 11 is 0. The number of amides is 3. The van der Waals surface area contributed by atoms with Crippen LogP contribution in [0.25, 0.3) is 0 Å². The topological polar surface area (TPSA) is 592 Å². The SMILES string of the molecule is CC(=O)N[C@@H]1[C@@H](O[C@@H]2O[C@H](CO)[C@H](O)[C@H](O)[C@H]2O)[C@@H](O)[C@@H](CO[C@@H]2O[C@H](CO)[C@@H](O[C@@H]3O[C@H](CO)[C@H](O)[C@H](O[C@@H]4O[C@H](CO)[C@@H](O[C@@H]5O[C@@H](C)[C@@H](O)[C@@H](O)[C@@H]5O)[C@H](O[C@@H]5O[C@H](CO)[C@H](O)[C@H](O)[C@H]5O)[C@H]4NC(C)=O)[C@H]3O)[C@H](O)[C@H]2NC(C)=O)O[C@@H]1O. The van der Waals surface area contributed by atoms with Gasteiger partial charge in [-0.05, 0) is 6.92 Å². The van der Waals surface area contributed by atoms with E-state index in [1.165, 1.54) is 6.92 Å². The van der Waals surface area contributed by atoms with E-state index in [9.17, 15) is 111 Å². The van der Waals surface area contributed by atoms with Gasteiger partial charge in [0.05, 0.1) is 45.7 Å². The highest BCUT2D eigenvalue weighted by molar-refractivity contribution is 5.74. The molecular weight excluding hydrogens is 1180 g/mol. The first-order chi connectivity index (χ1) is 40.6. The molecule has 35 atom stereocenters. The fourth-order valence-corrected chi connectivity index (χ4v) is 11.0. The van der Waals surface area contributed by atoms with Gasteiger partial charge in [-0.1, -0.05) is 0 Å². The average Bonchev–Trinajstić information content (AvgIpc) is 1.15. The Morgan fingerprint density at radius 1 is 0.326 bits per heavy atom. The summed E-state index contributed by atoms with van der Waals surface area (Å²) in [5, 5.41) is 213. The van der Waals surface area contributed by atoms with E-state index in [1.807, 2.05) is 0 Å². The van der Waals surface area contributed by atoms with Crippen molar-refractivity contribution in [1.82, 2.24) is 16.0 Å². The van der Waals surface area contributed by atoms with Gasteiger partial charge >= 0.3 is 0 Å². The number of nitrogens with one attached hydrogen (secondary N) is 3. The fraction of sp³-hybridized carbons (Fsp3) is 0.938. The molecule has 7 fully saturated rings. The molecule has 7 aliphatic rings. The first-order valence-corrected chi connectivity index (χ1v) is 27.5. The fourth-order valence-electron chi connectivity index (χ4n) is 11.0. The van der Waals surface area contributed by atoms with Gasteiger partial charge in [0.25, 0.3) is 0 Å². The lowest BCUT2D eigenvalue weighted by Crippen LogP contribution is -2.71. The Kier molecular flexibility index (Phi) is 25.0. The molecule has 0 aromatic rings. The Morgan fingerprint density at radius 3 is 1.21 bits per heavy atom. The summed E-state index contributed by atoms with van der Waals surface area (Å²) in [7, 11) is 0. The lowest BCUT2D eigenvalue weighted by molar-refractivity contribution is -0.390. The van der Waals surface area contributed by atoms with Crippen molar-refractivity contribution in [2.45, 2.75) is 242 Å². The highest BCUT2D eigenvalue weighted by Crippen LogP contribution is 2.38. The Labute approximate surface area is 488 Å². The van der Waals surface area contributed by atoms with E-state index in [-0.39, 0.29) is 0 Å². The molecule has 0 aromatic heterocycles. The van der Waals surface area contributed by atoms with Gasteiger partial charge < -0.3 is 175 Å². The van der Waals surface area contributed by atoms with E-state index >= 15 is 0 Å². The van der Waals surface area contributed by atoms with Crippen LogP contribution in [0.2, 0.25) is 0 Å². The maximum atomic E-state index is 13.1. The summed E-state index contributed by atoms with van der Waals surface area (Å²) in [4.78, 5) is 38.0. The number of hydrogen-bond donors (Lipinski definition) is 22. The quantitative estimate of drug-likeness (QED) is 0.0507. The third-order valence-corrected chi connectivity index (χ3v) is 15.7. The molecule has 7 saturated heterocycles. The zero-order chi connectivity index (χ0) is 63.5. The van der Waals surface area contributed by atoms with Gasteiger partial charge in [-0.25, -0.2) is 0 Å². The number of ether oxygens (including phenoxy) is 13. The van der Waals surface area contributed by atoms with Crippen LogP contribution in [0, 0.1) is 0 Å². The van der Waals surface area contributed by atoms with E-state index in [0.29, 0.717) is 0 Å². The number of aliphatic hydroxyl groups is 19. The lowest BCUT2D eigenvalue weighted by atomic mass is 9.93. The lowest BCUT2D eigenvalue weighted by Gasteiger charge is -2.52. The molecule has 86 heavy (non-hydrogen) atoms. The van der Waals surface area contributed by atoms with Crippen molar-refractivity contribution in [3.8, 4) is 0 Å². The van der Waals surface area contributed by atoms with E-state index in [1.54, 1.807) is 0 Å². The van der Waals surface area contributed by atoms with Crippen molar-refractivity contribution in [2.24, 2.45) is 0 Å². The zero-order valence-corrected chi connectivity index (χ0v) is 46.5. The molecule has 0 unspecified atom stereocenters. The van der Waals surface area contributed by atoms with Gasteiger partial charge in [0.1, 0.15) is 165 Å². The molecule has 38 heteroatoms. The van der Waals surface area contributed by atoms with Crippen LogP contribution in [0.5, 0.6) is 0 Å². The normalized spacial score (nSPS) is 49.4. The molecule has 7 heterocycles. The second-order valence-electron chi connectivity index (χ2n) is 21.8. The smallest absolute Gasteiger partial charge is 0.217 e. The van der Waals surface area contributed by atoms with Gasteiger partial charge in [-0.15, -0.1) is 0 Å². The number of carbonyl (C=O) groups is 3. The Hall–Kier alpha value is -2.87. The summed E-state index contributed by atoms with van der Waals surface area (Å²) in [6, 6.07) is -5.22. The van der Waals surface area contributed by atoms with Crippen LogP contribution in [0.1, 0.15) is 27.7 Å². The average molecular weight is 1260 g/mol. The maximum Gasteiger partial charge on any atom is 0.217 e. The van der Waals surface area contributed by atoms with Crippen molar-refractivity contribution in [1.29, 1.82) is 0 Å². The van der Waals surface area contributed by atoms with Gasteiger partial charge in [-0.3, -0.25) is 14.4 Å². The van der Waals surface area contributed by atoms with Gasteiger partial charge in [0, 0.05) is 20.8 Å². The van der Waals surface area contributed by atoms with Crippen LogP contribution in [0.3, 0.4) is 0 Å². The number of rotatable bonds is 21. The predicted octanol–water partition coefficient (Wildman–Crippen LogP) is -14.8. The van der Waals surface area contributed by atoms with Crippen LogP contribution in [0.4, 0.5) is 0 Å². The zero-order valence-electron chi connectivity index (χ0n) is 46.5. The number of carbonyl (C=O) groups excluding carboxylic acids is 3. The molecule has 0 spiro atoms. The summed E-state index contributed by atoms with van der Waals surface area (Å²) in [5.74, 6) is -2.52. The van der Waals surface area contributed by atoms with E-state index in [4.69, 9.17) is 61.6 Å². The molecule has 22 N–H and O–H groups in total. The van der Waals surface area contributed by atoms with Crippen LogP contribution in [-0.2, 0) is 76.0 Å². The van der Waals surface area contributed by atoms with Crippen LogP contribution in [-0.4, -0.2) is 369 Å². The van der Waals surface area contributed by atoms with Gasteiger partial charge in [0.15, 0.2) is 44.0 Å². The summed E-state index contributed by atoms with van der Waals surface area (Å²) in [5.41, 5.74) is 0. The Morgan fingerprint density at radius 2 is 0.698 bits per heavy atom. The van der Waals surface area contributed by atoms with E-state index in [2.05, 4.69) is 16.0 Å². The minimum Gasteiger partial charge on any atom is -0.394 e. The molecule has 0 bridgehead atoms. The molecule has 498 valence electrons. The molecule has 3 amide bonds. The van der Waals surface area contributed by atoms with Crippen molar-refractivity contribution in [3.63, 3.8) is 0 Å². The molecule has 7 aliphatic heterocycles. The largest absolute Gasteiger partial charge is 0.394 e. The standard InChI is InChI=1S/C48H81N3O35/c1-11-24(60)30(66)33(69)45(75-11)83-38-19(9-56)81-44(23(51-14(4)59)40(38)85-47-35(71)32(68)26(62)16(6-53)78-47)86-41-27(63)17(7-54)79-48(36(41)72)82-37-18(8-55)80-43(21(29(37)65)49-12(2)57)74-10-20-28(64)39(22(42(73)76-20)50-13(3)58)84-46-34(70)31(67)25(61)15(5-52)77-46/h11,15-48,52-56,60-73H,5-10H2,1-4H3,(H,49,57)(H,50,58)(H,51,59)/t11-,15+,16+,17+,18+,19+,20+,21+,22+,23+,24+,25-,26-,27-,28-,29+,30+,31-,32-,33-,34+,35+,36+,37+,38+,39+,40+,41-,42-,43+,44-,45-,46-,47-,48-/m0/s1. The van der Waals surface area contributed by atoms with Crippen LogP contribution in [0.15, 0.2) is 0 Å². The molecule has 38 nitrogen and oxygen atoms in total. The minimum absolute atomic E-state index is 0.774. The van der Waals surface area contributed by atoms with Gasteiger partial charge in [0.2, 0.25) is 17.7 Å². The summed E-state index contributed by atoms with van der Waals surface area (Å²) in [6.07, 6.45) is -60.7. The highest BCUT2D eigenvalue weighted by atomic mass is 16.8. The highest BCUT2D eigenvalue weighted by Gasteiger charge is 2.59. The molecule has 0 aliphatic carbocycles. The van der Waals surface area contributed by atoms with E-state index in [0.717, 1.165) is 20.8 Å². The second-order valence-corrected chi connectivity index (χ2v) is 21.8. The first-order valence-electron chi connectivity index (χ1n) is 27.5. The third kappa shape index (κ3) is 15.4. The van der Waals surface area contributed by atoms with Gasteiger partial charge in [-0.2, -0.15) is 0 Å². The second kappa shape index (κ2) is 30.5. The molecule has 7 rings (SSSR count). The minimum atomic E-state index is -2.29. The summed E-state index contributed by atoms with van der Waals surface area (Å²) < 4.78 is 75.9. The number of aliphatic hydroxyl groups excluding tert-OH is 19. The van der Waals surface area contributed by atoms with Crippen molar-refractivity contribution in [3.05, 3.63) is 0 Å². The Balaban J connectivity index is 1.13. The summed E-state index contributed by atoms with van der Waals surface area (Å²) in [6.45, 7) is -1.56. The molecule has 0 saturated carbocycles. The molecule has 0 radical (unpaired) electrons. The van der Waals surface area contributed by atoms with Crippen molar-refractivity contribution < 1.29 is 173 Å². The monoisotopic (exact) mass is 1260 g/mol. The maximum absolute atomic E-state index is 13.1. The third-order valence-electron chi connectivity index (χ3n) is 15.7.